The molecule has 2 N–H and O–H groups in total. The molecule has 1 saturated carbocycles. The third kappa shape index (κ3) is 4.17. The summed E-state index contributed by atoms with van der Waals surface area (Å²) in [6.07, 6.45) is 6.01. The normalized spacial score (nSPS) is 22.6. The Balaban J connectivity index is 2.08. The molecule has 0 radical (unpaired) electrons. The fraction of sp³-hybridized carbons (Fsp3) is 0.706. The minimum Gasteiger partial charge on any atom is -0.391 e. The number of pyridine rings is 1. The van der Waals surface area contributed by atoms with Crippen LogP contribution in [-0.4, -0.2) is 35.3 Å². The van der Waals surface area contributed by atoms with Gasteiger partial charge in [-0.25, -0.2) is 4.98 Å². The van der Waals surface area contributed by atoms with Crippen molar-refractivity contribution in [3.8, 4) is 0 Å². The van der Waals surface area contributed by atoms with Crippen LogP contribution in [0, 0.1) is 6.92 Å². The molecule has 0 spiro atoms. The summed E-state index contributed by atoms with van der Waals surface area (Å²) < 4.78 is 0. The Morgan fingerprint density at radius 1 is 1.38 bits per heavy atom. The van der Waals surface area contributed by atoms with Gasteiger partial charge in [-0.2, -0.15) is 0 Å². The molecule has 1 heterocycles. The van der Waals surface area contributed by atoms with Crippen molar-refractivity contribution in [1.82, 2.24) is 10.3 Å². The van der Waals surface area contributed by atoms with Gasteiger partial charge in [0.25, 0.3) is 0 Å². The van der Waals surface area contributed by atoms with Gasteiger partial charge in [0.05, 0.1) is 12.1 Å². The lowest BCUT2D eigenvalue weighted by atomic mass is 9.91. The lowest BCUT2D eigenvalue weighted by Gasteiger charge is -2.36. The van der Waals surface area contributed by atoms with E-state index in [1.54, 1.807) is 0 Å². The number of nitrogens with one attached hydrogen (secondary N) is 1. The van der Waals surface area contributed by atoms with Crippen molar-refractivity contribution in [1.29, 1.82) is 0 Å². The van der Waals surface area contributed by atoms with Crippen LogP contribution in [0.2, 0.25) is 0 Å². The van der Waals surface area contributed by atoms with Gasteiger partial charge in [-0.15, -0.1) is 0 Å². The molecule has 1 fully saturated rings. The second-order valence-corrected chi connectivity index (χ2v) is 6.55. The third-order valence-electron chi connectivity index (χ3n) is 4.35. The summed E-state index contributed by atoms with van der Waals surface area (Å²) in [5, 5.41) is 13.6. The number of aliphatic hydroxyl groups excluding tert-OH is 1. The molecule has 0 aromatic carbocycles. The Hall–Kier alpha value is -1.13. The van der Waals surface area contributed by atoms with Crippen LogP contribution in [-0.2, 0) is 6.54 Å². The van der Waals surface area contributed by atoms with Crippen LogP contribution in [0.25, 0.3) is 0 Å². The molecule has 4 heteroatoms. The Labute approximate surface area is 128 Å². The summed E-state index contributed by atoms with van der Waals surface area (Å²) in [5.74, 6) is 0.995. The molecule has 21 heavy (non-hydrogen) atoms. The lowest BCUT2D eigenvalue weighted by molar-refractivity contribution is 0.106. The van der Waals surface area contributed by atoms with Gasteiger partial charge < -0.3 is 15.3 Å². The van der Waals surface area contributed by atoms with E-state index in [0.29, 0.717) is 6.04 Å². The zero-order chi connectivity index (χ0) is 15.4. The quantitative estimate of drug-likeness (QED) is 0.875. The Kier molecular flexibility index (Phi) is 5.59. The molecular formula is C17H29N3O. The number of aliphatic hydroxyl groups is 1. The van der Waals surface area contributed by atoms with E-state index < -0.39 is 0 Å². The molecule has 1 aliphatic rings. The summed E-state index contributed by atoms with van der Waals surface area (Å²) in [4.78, 5) is 6.81. The van der Waals surface area contributed by atoms with E-state index in [4.69, 9.17) is 0 Å². The zero-order valence-electron chi connectivity index (χ0n) is 13.8. The van der Waals surface area contributed by atoms with E-state index >= 15 is 0 Å². The van der Waals surface area contributed by atoms with Crippen molar-refractivity contribution in [3.63, 3.8) is 0 Å². The predicted octanol–water partition coefficient (Wildman–Crippen LogP) is 2.63. The van der Waals surface area contributed by atoms with E-state index in [2.05, 4.69) is 49.1 Å². The first-order valence-electron chi connectivity index (χ1n) is 8.09. The zero-order valence-corrected chi connectivity index (χ0v) is 13.8. The average Bonchev–Trinajstić information content (AvgIpc) is 2.45. The Bertz CT molecular complexity index is 461. The van der Waals surface area contributed by atoms with Gasteiger partial charge in [0.1, 0.15) is 5.82 Å². The van der Waals surface area contributed by atoms with Gasteiger partial charge in [-0.05, 0) is 37.0 Å². The van der Waals surface area contributed by atoms with Crippen molar-refractivity contribution < 1.29 is 5.11 Å². The van der Waals surface area contributed by atoms with Crippen molar-refractivity contribution in [2.45, 2.75) is 71.2 Å². The van der Waals surface area contributed by atoms with Crippen LogP contribution in [0.3, 0.4) is 0 Å². The first-order valence-corrected chi connectivity index (χ1v) is 8.09. The van der Waals surface area contributed by atoms with Crippen LogP contribution >= 0.6 is 0 Å². The SMILES string of the molecule is Cc1cc(CNC(C)C)cnc1N(C)C1CCCCC1O. The highest BCUT2D eigenvalue weighted by molar-refractivity contribution is 5.48. The summed E-state index contributed by atoms with van der Waals surface area (Å²) >= 11 is 0. The number of hydrogen-bond acceptors (Lipinski definition) is 4. The molecule has 2 unspecified atom stereocenters. The monoisotopic (exact) mass is 291 g/mol. The largest absolute Gasteiger partial charge is 0.391 e. The topological polar surface area (TPSA) is 48.4 Å². The smallest absolute Gasteiger partial charge is 0.131 e. The summed E-state index contributed by atoms with van der Waals surface area (Å²) in [6.45, 7) is 7.24. The van der Waals surface area contributed by atoms with E-state index in [1.165, 1.54) is 17.5 Å². The lowest BCUT2D eigenvalue weighted by Crippen LogP contribution is -2.44. The average molecular weight is 291 g/mol. The van der Waals surface area contributed by atoms with Crippen LogP contribution in [0.1, 0.15) is 50.7 Å². The van der Waals surface area contributed by atoms with Crippen LogP contribution in [0.5, 0.6) is 0 Å². The molecule has 0 amide bonds. The van der Waals surface area contributed by atoms with Gasteiger partial charge in [-0.3, -0.25) is 0 Å². The van der Waals surface area contributed by atoms with Crippen LogP contribution < -0.4 is 10.2 Å². The number of anilines is 1. The molecule has 118 valence electrons. The molecule has 1 aromatic heterocycles. The number of likely N-dealkylation sites (N-methyl/N-ethyl adjacent to an activating group) is 1. The second-order valence-electron chi connectivity index (χ2n) is 6.55. The second kappa shape index (κ2) is 7.23. The molecule has 0 bridgehead atoms. The molecule has 2 atom stereocenters. The summed E-state index contributed by atoms with van der Waals surface area (Å²) in [6, 6.07) is 2.87. The van der Waals surface area contributed by atoms with E-state index in [1.807, 2.05) is 6.20 Å². The van der Waals surface area contributed by atoms with Crippen molar-refractivity contribution >= 4 is 5.82 Å². The maximum atomic E-state index is 10.2. The minimum absolute atomic E-state index is 0.199. The minimum atomic E-state index is -0.229. The molecule has 1 aliphatic carbocycles. The van der Waals surface area contributed by atoms with Crippen LogP contribution in [0.4, 0.5) is 5.82 Å². The predicted molar refractivity (Wildman–Crippen MR) is 87.6 cm³/mol. The Morgan fingerprint density at radius 2 is 2.10 bits per heavy atom. The molecule has 4 nitrogen and oxygen atoms in total. The number of hydrogen-bond donors (Lipinski definition) is 2. The third-order valence-corrected chi connectivity index (χ3v) is 4.35. The molecule has 1 aromatic rings. The number of rotatable bonds is 5. The highest BCUT2D eigenvalue weighted by atomic mass is 16.3. The first kappa shape index (κ1) is 16.2. The van der Waals surface area contributed by atoms with E-state index in [-0.39, 0.29) is 12.1 Å². The fourth-order valence-corrected chi connectivity index (χ4v) is 3.11. The Morgan fingerprint density at radius 3 is 2.71 bits per heavy atom. The molecular weight excluding hydrogens is 262 g/mol. The summed E-state index contributed by atoms with van der Waals surface area (Å²) in [7, 11) is 2.06. The van der Waals surface area contributed by atoms with Gasteiger partial charge in [0.2, 0.25) is 0 Å². The van der Waals surface area contributed by atoms with Gasteiger partial charge in [0, 0.05) is 25.8 Å². The van der Waals surface area contributed by atoms with Gasteiger partial charge in [-0.1, -0.05) is 26.7 Å². The standard InChI is InChI=1S/C17H29N3O/c1-12(2)18-10-14-9-13(3)17(19-11-14)20(4)15-7-5-6-8-16(15)21/h9,11-12,15-16,18,21H,5-8,10H2,1-4H3. The first-order chi connectivity index (χ1) is 9.99. The van der Waals surface area contributed by atoms with Crippen molar-refractivity contribution in [2.24, 2.45) is 0 Å². The number of nitrogens with zero attached hydrogens (tertiary/aromatic N) is 2. The van der Waals surface area contributed by atoms with Gasteiger partial charge in [0.15, 0.2) is 0 Å². The number of aromatic nitrogens is 1. The molecule has 0 aliphatic heterocycles. The van der Waals surface area contributed by atoms with E-state index in [0.717, 1.165) is 31.6 Å². The van der Waals surface area contributed by atoms with E-state index in [9.17, 15) is 5.11 Å². The van der Waals surface area contributed by atoms with Crippen molar-refractivity contribution in [2.75, 3.05) is 11.9 Å². The van der Waals surface area contributed by atoms with Gasteiger partial charge >= 0.3 is 0 Å². The fourth-order valence-electron chi connectivity index (χ4n) is 3.11. The van der Waals surface area contributed by atoms with Crippen molar-refractivity contribution in [3.05, 3.63) is 23.4 Å². The summed E-state index contributed by atoms with van der Waals surface area (Å²) in [5.41, 5.74) is 2.39. The molecule has 2 rings (SSSR count). The highest BCUT2D eigenvalue weighted by Gasteiger charge is 2.28. The molecule has 0 saturated heterocycles. The number of aryl methyl sites for hydroxylation is 1. The van der Waals surface area contributed by atoms with Crippen LogP contribution in [0.15, 0.2) is 12.3 Å². The maximum absolute atomic E-state index is 10.2. The maximum Gasteiger partial charge on any atom is 0.131 e. The highest BCUT2D eigenvalue weighted by Crippen LogP contribution is 2.27.